The Labute approximate surface area is 97.8 Å². The van der Waals surface area contributed by atoms with E-state index in [4.69, 9.17) is 4.74 Å². The van der Waals surface area contributed by atoms with Crippen molar-refractivity contribution >= 4 is 0 Å². The number of hydrogen-bond acceptors (Lipinski definition) is 3. The number of ether oxygens (including phenoxy) is 1. The van der Waals surface area contributed by atoms with Gasteiger partial charge >= 0.3 is 0 Å². The molecule has 1 unspecified atom stereocenters. The van der Waals surface area contributed by atoms with Gasteiger partial charge in [0.15, 0.2) is 0 Å². The van der Waals surface area contributed by atoms with Crippen molar-refractivity contribution in [1.82, 2.24) is 15.3 Å². The van der Waals surface area contributed by atoms with Gasteiger partial charge in [-0.2, -0.15) is 0 Å². The molecule has 1 atom stereocenters. The molecule has 0 aliphatic carbocycles. The maximum absolute atomic E-state index is 5.40. The van der Waals surface area contributed by atoms with Crippen molar-refractivity contribution in [1.29, 1.82) is 0 Å². The first-order valence-corrected chi connectivity index (χ1v) is 5.97. The van der Waals surface area contributed by atoms with E-state index in [9.17, 15) is 0 Å². The Morgan fingerprint density at radius 2 is 2.25 bits per heavy atom. The lowest BCUT2D eigenvalue weighted by atomic mass is 10.2. The van der Waals surface area contributed by atoms with Crippen LogP contribution in [0, 0.1) is 0 Å². The standard InChI is InChI=1S/C12H23N3O/c1-5-6-11(16-4)12-14-8-10(15-12)7-13-9(2)3/h8-9,11,13H,5-7H2,1-4H3,(H,14,15). The second-order valence-electron chi connectivity index (χ2n) is 4.34. The van der Waals surface area contributed by atoms with E-state index >= 15 is 0 Å². The first-order valence-electron chi connectivity index (χ1n) is 5.97. The third-order valence-electron chi connectivity index (χ3n) is 2.49. The van der Waals surface area contributed by atoms with Crippen molar-refractivity contribution in [3.8, 4) is 0 Å². The second kappa shape index (κ2) is 6.66. The zero-order chi connectivity index (χ0) is 12.0. The molecule has 0 aliphatic heterocycles. The Morgan fingerprint density at radius 1 is 1.50 bits per heavy atom. The van der Waals surface area contributed by atoms with Gasteiger partial charge in [-0.1, -0.05) is 27.2 Å². The molecule has 0 fully saturated rings. The van der Waals surface area contributed by atoms with E-state index in [0.717, 1.165) is 30.9 Å². The summed E-state index contributed by atoms with van der Waals surface area (Å²) in [6.45, 7) is 7.24. The summed E-state index contributed by atoms with van der Waals surface area (Å²) in [6, 6.07) is 0.487. The van der Waals surface area contributed by atoms with Crippen molar-refractivity contribution in [3.05, 3.63) is 17.7 Å². The molecule has 4 heteroatoms. The molecule has 0 saturated carbocycles. The molecule has 0 radical (unpaired) electrons. The van der Waals surface area contributed by atoms with Crippen molar-refractivity contribution in [3.63, 3.8) is 0 Å². The lowest BCUT2D eigenvalue weighted by Crippen LogP contribution is -2.22. The minimum absolute atomic E-state index is 0.0952. The van der Waals surface area contributed by atoms with E-state index in [1.54, 1.807) is 7.11 Å². The molecule has 92 valence electrons. The predicted octanol–water partition coefficient (Wildman–Crippen LogP) is 2.40. The smallest absolute Gasteiger partial charge is 0.135 e. The van der Waals surface area contributed by atoms with Gasteiger partial charge in [-0.05, 0) is 6.42 Å². The van der Waals surface area contributed by atoms with Crippen LogP contribution in [0.1, 0.15) is 51.2 Å². The fraction of sp³-hybridized carbons (Fsp3) is 0.750. The van der Waals surface area contributed by atoms with Crippen LogP contribution in [0.3, 0.4) is 0 Å². The van der Waals surface area contributed by atoms with Crippen LogP contribution in [0.4, 0.5) is 0 Å². The number of hydrogen-bond donors (Lipinski definition) is 2. The van der Waals surface area contributed by atoms with Crippen LogP contribution in [-0.4, -0.2) is 23.1 Å². The minimum Gasteiger partial charge on any atom is -0.374 e. The molecule has 2 N–H and O–H groups in total. The number of H-pyrrole nitrogens is 1. The molecule has 16 heavy (non-hydrogen) atoms. The lowest BCUT2D eigenvalue weighted by molar-refractivity contribution is 0.0882. The minimum atomic E-state index is 0.0952. The van der Waals surface area contributed by atoms with E-state index < -0.39 is 0 Å². The normalized spacial score (nSPS) is 13.3. The van der Waals surface area contributed by atoms with Crippen LogP contribution in [0.25, 0.3) is 0 Å². The summed E-state index contributed by atoms with van der Waals surface area (Å²) in [5, 5.41) is 3.35. The van der Waals surface area contributed by atoms with E-state index in [1.165, 1.54) is 0 Å². The lowest BCUT2D eigenvalue weighted by Gasteiger charge is -2.11. The van der Waals surface area contributed by atoms with Gasteiger partial charge in [-0.15, -0.1) is 0 Å². The number of nitrogens with one attached hydrogen (secondary N) is 2. The summed E-state index contributed by atoms with van der Waals surface area (Å²) in [7, 11) is 1.73. The van der Waals surface area contributed by atoms with E-state index in [0.29, 0.717) is 6.04 Å². The van der Waals surface area contributed by atoms with Gasteiger partial charge in [0.2, 0.25) is 0 Å². The van der Waals surface area contributed by atoms with Crippen molar-refractivity contribution in [2.75, 3.05) is 7.11 Å². The first-order chi connectivity index (χ1) is 7.67. The average molecular weight is 225 g/mol. The molecular formula is C12H23N3O. The van der Waals surface area contributed by atoms with Gasteiger partial charge in [-0.3, -0.25) is 0 Å². The fourth-order valence-electron chi connectivity index (χ4n) is 1.57. The highest BCUT2D eigenvalue weighted by molar-refractivity contribution is 5.03. The van der Waals surface area contributed by atoms with Gasteiger partial charge in [0.25, 0.3) is 0 Å². The molecule has 1 aromatic heterocycles. The van der Waals surface area contributed by atoms with Crippen LogP contribution in [0.5, 0.6) is 0 Å². The second-order valence-corrected chi connectivity index (χ2v) is 4.34. The SMILES string of the molecule is CCCC(OC)c1ncc(CNC(C)C)[nH]1. The Bertz CT molecular complexity index is 296. The van der Waals surface area contributed by atoms with Gasteiger partial charge < -0.3 is 15.0 Å². The number of nitrogens with zero attached hydrogens (tertiary/aromatic N) is 1. The number of aromatic nitrogens is 2. The molecule has 0 spiro atoms. The topological polar surface area (TPSA) is 49.9 Å². The van der Waals surface area contributed by atoms with E-state index in [1.807, 2.05) is 6.20 Å². The van der Waals surface area contributed by atoms with Crippen LogP contribution in [0.15, 0.2) is 6.20 Å². The highest BCUT2D eigenvalue weighted by atomic mass is 16.5. The number of methoxy groups -OCH3 is 1. The summed E-state index contributed by atoms with van der Waals surface area (Å²) >= 11 is 0. The van der Waals surface area contributed by atoms with Gasteiger partial charge in [0.1, 0.15) is 11.9 Å². The predicted molar refractivity (Wildman–Crippen MR) is 65.2 cm³/mol. The van der Waals surface area contributed by atoms with E-state index in [-0.39, 0.29) is 6.10 Å². The summed E-state index contributed by atoms with van der Waals surface area (Å²) in [6.07, 6.45) is 4.07. The van der Waals surface area contributed by atoms with Crippen LogP contribution < -0.4 is 5.32 Å². The summed E-state index contributed by atoms with van der Waals surface area (Å²) in [4.78, 5) is 7.67. The molecule has 0 aromatic carbocycles. The summed E-state index contributed by atoms with van der Waals surface area (Å²) in [5.74, 6) is 0.935. The van der Waals surface area contributed by atoms with Gasteiger partial charge in [0, 0.05) is 31.6 Å². The Hall–Kier alpha value is -0.870. The van der Waals surface area contributed by atoms with Crippen LogP contribution in [0.2, 0.25) is 0 Å². The molecular weight excluding hydrogens is 202 g/mol. The highest BCUT2D eigenvalue weighted by Gasteiger charge is 2.12. The maximum atomic E-state index is 5.40. The van der Waals surface area contributed by atoms with Gasteiger partial charge in [-0.25, -0.2) is 4.98 Å². The third kappa shape index (κ3) is 3.94. The van der Waals surface area contributed by atoms with Crippen molar-refractivity contribution in [2.24, 2.45) is 0 Å². The third-order valence-corrected chi connectivity index (χ3v) is 2.49. The maximum Gasteiger partial charge on any atom is 0.135 e. The number of imidazole rings is 1. The quantitative estimate of drug-likeness (QED) is 0.749. The number of rotatable bonds is 7. The molecule has 0 aliphatic rings. The Balaban J connectivity index is 2.55. The van der Waals surface area contributed by atoms with Crippen molar-refractivity contribution in [2.45, 2.75) is 52.3 Å². The molecule has 4 nitrogen and oxygen atoms in total. The summed E-state index contributed by atoms with van der Waals surface area (Å²) in [5.41, 5.74) is 1.11. The van der Waals surface area contributed by atoms with Crippen molar-refractivity contribution < 1.29 is 4.74 Å². The molecule has 0 saturated heterocycles. The highest BCUT2D eigenvalue weighted by Crippen LogP contribution is 2.18. The summed E-state index contributed by atoms with van der Waals surface area (Å²) < 4.78 is 5.40. The monoisotopic (exact) mass is 225 g/mol. The molecule has 1 heterocycles. The van der Waals surface area contributed by atoms with Crippen LogP contribution >= 0.6 is 0 Å². The molecule has 0 bridgehead atoms. The molecule has 0 amide bonds. The Kier molecular flexibility index (Phi) is 5.49. The molecule has 1 aromatic rings. The molecule has 1 rings (SSSR count). The van der Waals surface area contributed by atoms with Gasteiger partial charge in [0.05, 0.1) is 0 Å². The Morgan fingerprint density at radius 3 is 2.81 bits per heavy atom. The first kappa shape index (κ1) is 13.2. The number of aromatic amines is 1. The largest absolute Gasteiger partial charge is 0.374 e. The zero-order valence-corrected chi connectivity index (χ0v) is 10.7. The zero-order valence-electron chi connectivity index (χ0n) is 10.7. The van der Waals surface area contributed by atoms with Crippen LogP contribution in [-0.2, 0) is 11.3 Å². The fourth-order valence-corrected chi connectivity index (χ4v) is 1.57. The average Bonchev–Trinajstić information content (AvgIpc) is 2.71. The van der Waals surface area contributed by atoms with E-state index in [2.05, 4.69) is 36.1 Å².